The number of hydrogen-bond donors (Lipinski definition) is 0. The zero-order valence-corrected chi connectivity index (χ0v) is 13.6. The van der Waals surface area contributed by atoms with Crippen molar-refractivity contribution in [3.8, 4) is 5.69 Å². The van der Waals surface area contributed by atoms with Crippen molar-refractivity contribution in [3.05, 3.63) is 52.3 Å². The van der Waals surface area contributed by atoms with Gasteiger partial charge in [0.05, 0.1) is 10.7 Å². The second-order valence-corrected chi connectivity index (χ2v) is 6.39. The second-order valence-electron chi connectivity index (χ2n) is 5.54. The molecule has 1 aromatic heterocycles. The number of likely N-dealkylation sites (N-methyl/N-ethyl adjacent to an activating group) is 1. The molecular weight excluding hydrogens is 305 g/mol. The Bertz CT molecular complexity index is 616. The Balaban J connectivity index is 1.80. The van der Waals surface area contributed by atoms with Gasteiger partial charge in [-0.15, -0.1) is 0 Å². The zero-order valence-electron chi connectivity index (χ0n) is 12.1. The van der Waals surface area contributed by atoms with Crippen LogP contribution in [0.25, 0.3) is 5.69 Å². The van der Waals surface area contributed by atoms with E-state index in [0.29, 0.717) is 10.0 Å². The van der Waals surface area contributed by atoms with Crippen LogP contribution >= 0.6 is 23.2 Å². The van der Waals surface area contributed by atoms with E-state index in [-0.39, 0.29) is 0 Å². The Morgan fingerprint density at radius 3 is 2.52 bits per heavy atom. The summed E-state index contributed by atoms with van der Waals surface area (Å²) in [6, 6.07) is 9.86. The van der Waals surface area contributed by atoms with Crippen LogP contribution in [0.2, 0.25) is 10.0 Å². The molecule has 0 radical (unpaired) electrons. The van der Waals surface area contributed by atoms with E-state index in [2.05, 4.69) is 39.7 Å². The maximum Gasteiger partial charge on any atom is 0.0661 e. The lowest BCUT2D eigenvalue weighted by Gasteiger charge is -2.32. The SMILES string of the molecule is CN1CCN(Cc2cccn2-c2ccc(Cl)cc2Cl)CC1. The molecule has 112 valence electrons. The first-order valence-electron chi connectivity index (χ1n) is 7.16. The predicted molar refractivity (Wildman–Crippen MR) is 88.6 cm³/mol. The Hall–Kier alpha value is -1.000. The molecule has 21 heavy (non-hydrogen) atoms. The average molecular weight is 324 g/mol. The summed E-state index contributed by atoms with van der Waals surface area (Å²) in [5, 5.41) is 1.34. The van der Waals surface area contributed by atoms with E-state index in [4.69, 9.17) is 23.2 Å². The number of hydrogen-bond acceptors (Lipinski definition) is 2. The number of nitrogens with zero attached hydrogens (tertiary/aromatic N) is 3. The van der Waals surface area contributed by atoms with Gasteiger partial charge in [-0.1, -0.05) is 23.2 Å². The number of rotatable bonds is 3. The van der Waals surface area contributed by atoms with Crippen molar-refractivity contribution in [2.45, 2.75) is 6.54 Å². The van der Waals surface area contributed by atoms with Crippen molar-refractivity contribution in [2.75, 3.05) is 33.2 Å². The summed E-state index contributed by atoms with van der Waals surface area (Å²) in [5.74, 6) is 0. The van der Waals surface area contributed by atoms with E-state index in [9.17, 15) is 0 Å². The lowest BCUT2D eigenvalue weighted by Crippen LogP contribution is -2.44. The van der Waals surface area contributed by atoms with E-state index in [1.165, 1.54) is 5.69 Å². The molecule has 0 saturated carbocycles. The molecule has 5 heteroatoms. The Labute approximate surface area is 135 Å². The van der Waals surface area contributed by atoms with E-state index in [0.717, 1.165) is 38.4 Å². The number of halogens is 2. The van der Waals surface area contributed by atoms with Gasteiger partial charge in [-0.25, -0.2) is 0 Å². The molecule has 2 heterocycles. The monoisotopic (exact) mass is 323 g/mol. The molecule has 0 bridgehead atoms. The third-order valence-corrected chi connectivity index (χ3v) is 4.52. The van der Waals surface area contributed by atoms with Gasteiger partial charge in [0.2, 0.25) is 0 Å². The molecule has 1 aliphatic heterocycles. The highest BCUT2D eigenvalue weighted by Gasteiger charge is 2.16. The van der Waals surface area contributed by atoms with E-state index >= 15 is 0 Å². The summed E-state index contributed by atoms with van der Waals surface area (Å²) >= 11 is 12.3. The van der Waals surface area contributed by atoms with E-state index < -0.39 is 0 Å². The topological polar surface area (TPSA) is 11.4 Å². The van der Waals surface area contributed by atoms with Crippen LogP contribution < -0.4 is 0 Å². The molecule has 3 rings (SSSR count). The Morgan fingerprint density at radius 1 is 1.05 bits per heavy atom. The van der Waals surface area contributed by atoms with Crippen LogP contribution in [-0.4, -0.2) is 47.6 Å². The first kappa shape index (κ1) is 14.9. The van der Waals surface area contributed by atoms with E-state index in [1.54, 1.807) is 6.07 Å². The van der Waals surface area contributed by atoms with Crippen LogP contribution in [0.1, 0.15) is 5.69 Å². The fourth-order valence-electron chi connectivity index (χ4n) is 2.69. The minimum atomic E-state index is 0.663. The summed E-state index contributed by atoms with van der Waals surface area (Å²) in [4.78, 5) is 4.85. The van der Waals surface area contributed by atoms with Crippen molar-refractivity contribution >= 4 is 23.2 Å². The third kappa shape index (κ3) is 3.43. The maximum atomic E-state index is 6.33. The van der Waals surface area contributed by atoms with Crippen LogP contribution in [-0.2, 0) is 6.54 Å². The molecule has 0 amide bonds. The highest BCUT2D eigenvalue weighted by Crippen LogP contribution is 2.26. The van der Waals surface area contributed by atoms with Crippen LogP contribution in [0.5, 0.6) is 0 Å². The van der Waals surface area contributed by atoms with Crippen molar-refractivity contribution in [1.82, 2.24) is 14.4 Å². The molecule has 0 atom stereocenters. The predicted octanol–water partition coefficient (Wildman–Crippen LogP) is 3.53. The number of piperazine rings is 1. The molecule has 0 N–H and O–H groups in total. The minimum Gasteiger partial charge on any atom is -0.318 e. The number of aromatic nitrogens is 1. The third-order valence-electron chi connectivity index (χ3n) is 3.98. The molecule has 0 aliphatic carbocycles. The molecule has 2 aromatic rings. The van der Waals surface area contributed by atoms with Crippen molar-refractivity contribution < 1.29 is 0 Å². The molecule has 0 unspecified atom stereocenters. The van der Waals surface area contributed by atoms with Gasteiger partial charge >= 0.3 is 0 Å². The lowest BCUT2D eigenvalue weighted by molar-refractivity contribution is 0.146. The smallest absolute Gasteiger partial charge is 0.0661 e. The van der Waals surface area contributed by atoms with Crippen molar-refractivity contribution in [3.63, 3.8) is 0 Å². The Kier molecular flexibility index (Phi) is 4.55. The van der Waals surface area contributed by atoms with Crippen molar-refractivity contribution in [1.29, 1.82) is 0 Å². The van der Waals surface area contributed by atoms with Gasteiger partial charge in [-0.3, -0.25) is 4.90 Å². The summed E-state index contributed by atoms with van der Waals surface area (Å²) < 4.78 is 2.15. The highest BCUT2D eigenvalue weighted by atomic mass is 35.5. The molecule has 1 saturated heterocycles. The first-order chi connectivity index (χ1) is 10.1. The zero-order chi connectivity index (χ0) is 14.8. The fraction of sp³-hybridized carbons (Fsp3) is 0.375. The van der Waals surface area contributed by atoms with Crippen LogP contribution in [0.3, 0.4) is 0 Å². The summed E-state index contributed by atoms with van der Waals surface area (Å²) in [6.07, 6.45) is 2.06. The van der Waals surface area contributed by atoms with E-state index in [1.807, 2.05) is 12.1 Å². The van der Waals surface area contributed by atoms with Gasteiger partial charge in [0.25, 0.3) is 0 Å². The van der Waals surface area contributed by atoms with Crippen LogP contribution in [0, 0.1) is 0 Å². The van der Waals surface area contributed by atoms with Gasteiger partial charge in [0, 0.05) is 49.6 Å². The maximum absolute atomic E-state index is 6.33. The fourth-order valence-corrected chi connectivity index (χ4v) is 3.19. The number of benzene rings is 1. The molecule has 0 spiro atoms. The van der Waals surface area contributed by atoms with Gasteiger partial charge in [-0.05, 0) is 37.4 Å². The Morgan fingerprint density at radius 2 is 1.81 bits per heavy atom. The quantitative estimate of drug-likeness (QED) is 0.856. The highest BCUT2D eigenvalue weighted by molar-refractivity contribution is 6.35. The van der Waals surface area contributed by atoms with Gasteiger partial charge < -0.3 is 9.47 Å². The molecule has 3 nitrogen and oxygen atoms in total. The normalized spacial score (nSPS) is 17.3. The van der Waals surface area contributed by atoms with Gasteiger partial charge in [0.15, 0.2) is 0 Å². The van der Waals surface area contributed by atoms with Crippen molar-refractivity contribution in [2.24, 2.45) is 0 Å². The summed E-state index contributed by atoms with van der Waals surface area (Å²) in [5.41, 5.74) is 2.24. The average Bonchev–Trinajstić information content (AvgIpc) is 2.89. The molecule has 1 fully saturated rings. The minimum absolute atomic E-state index is 0.663. The van der Waals surface area contributed by atoms with Gasteiger partial charge in [-0.2, -0.15) is 0 Å². The molecular formula is C16H19Cl2N3. The summed E-state index contributed by atoms with van der Waals surface area (Å²) in [6.45, 7) is 5.41. The summed E-state index contributed by atoms with van der Waals surface area (Å²) in [7, 11) is 2.17. The largest absolute Gasteiger partial charge is 0.318 e. The first-order valence-corrected chi connectivity index (χ1v) is 7.91. The lowest BCUT2D eigenvalue weighted by atomic mass is 10.2. The van der Waals surface area contributed by atoms with Crippen LogP contribution in [0.15, 0.2) is 36.5 Å². The molecule has 1 aromatic carbocycles. The molecule has 1 aliphatic rings. The van der Waals surface area contributed by atoms with Gasteiger partial charge in [0.1, 0.15) is 0 Å². The second kappa shape index (κ2) is 6.41. The standard InChI is InChI=1S/C16H19Cl2N3/c1-19-7-9-20(10-8-19)12-14-3-2-6-21(14)16-5-4-13(17)11-15(16)18/h2-6,11H,7-10,12H2,1H3. The van der Waals surface area contributed by atoms with Crippen LogP contribution in [0.4, 0.5) is 0 Å².